The first-order valence-electron chi connectivity index (χ1n) is 9.26. The summed E-state index contributed by atoms with van der Waals surface area (Å²) in [5.41, 5.74) is 1.55. The summed E-state index contributed by atoms with van der Waals surface area (Å²) < 4.78 is 16.3. The van der Waals surface area contributed by atoms with Crippen molar-refractivity contribution >= 4 is 23.2 Å². The monoisotopic (exact) mass is 404 g/mol. The van der Waals surface area contributed by atoms with E-state index >= 15 is 0 Å². The summed E-state index contributed by atoms with van der Waals surface area (Å²) in [6.45, 7) is 5.29. The second-order valence-electron chi connectivity index (χ2n) is 6.37. The van der Waals surface area contributed by atoms with E-state index in [4.69, 9.17) is 25.8 Å². The summed E-state index contributed by atoms with van der Waals surface area (Å²) in [6.07, 6.45) is 0. The Labute approximate surface area is 170 Å². The molecule has 6 nitrogen and oxygen atoms in total. The third-order valence-electron chi connectivity index (χ3n) is 4.75. The maximum absolute atomic E-state index is 13.0. The lowest BCUT2D eigenvalue weighted by atomic mass is 10.1. The van der Waals surface area contributed by atoms with E-state index in [1.165, 1.54) is 14.2 Å². The SMILES string of the molecule is CCOc1ccccc1N1CCN(C(=O)c2cc(Cl)c(OC)c(OC)c2)CC1. The number of para-hydroxylation sites is 2. The van der Waals surface area contributed by atoms with Gasteiger partial charge in [-0.3, -0.25) is 4.79 Å². The second kappa shape index (κ2) is 9.06. The van der Waals surface area contributed by atoms with Crippen molar-refractivity contribution in [1.29, 1.82) is 0 Å². The van der Waals surface area contributed by atoms with Crippen LogP contribution in [0.4, 0.5) is 5.69 Å². The molecular weight excluding hydrogens is 380 g/mol. The zero-order chi connectivity index (χ0) is 20.1. The Balaban J connectivity index is 1.72. The average molecular weight is 405 g/mol. The smallest absolute Gasteiger partial charge is 0.254 e. The van der Waals surface area contributed by atoms with Crippen molar-refractivity contribution in [2.75, 3.05) is 51.9 Å². The first-order chi connectivity index (χ1) is 13.6. The van der Waals surface area contributed by atoms with Crippen LogP contribution in [0.15, 0.2) is 36.4 Å². The van der Waals surface area contributed by atoms with E-state index in [0.29, 0.717) is 41.8 Å². The highest BCUT2D eigenvalue weighted by Gasteiger charge is 2.25. The van der Waals surface area contributed by atoms with Crippen LogP contribution in [-0.2, 0) is 0 Å². The fourth-order valence-electron chi connectivity index (χ4n) is 3.37. The zero-order valence-electron chi connectivity index (χ0n) is 16.4. The van der Waals surface area contributed by atoms with Gasteiger partial charge >= 0.3 is 0 Å². The minimum atomic E-state index is -0.0689. The van der Waals surface area contributed by atoms with E-state index in [1.807, 2.05) is 30.0 Å². The van der Waals surface area contributed by atoms with Crippen LogP contribution in [0.2, 0.25) is 5.02 Å². The second-order valence-corrected chi connectivity index (χ2v) is 6.78. The number of rotatable bonds is 6. The van der Waals surface area contributed by atoms with E-state index in [-0.39, 0.29) is 5.91 Å². The summed E-state index contributed by atoms with van der Waals surface area (Å²) in [5.74, 6) is 1.68. The Morgan fingerprint density at radius 1 is 1.04 bits per heavy atom. The van der Waals surface area contributed by atoms with E-state index in [1.54, 1.807) is 12.1 Å². The normalized spacial score (nSPS) is 14.0. The third-order valence-corrected chi connectivity index (χ3v) is 5.03. The van der Waals surface area contributed by atoms with Crippen LogP contribution in [-0.4, -0.2) is 57.8 Å². The lowest BCUT2D eigenvalue weighted by Gasteiger charge is -2.36. The first-order valence-corrected chi connectivity index (χ1v) is 9.64. The van der Waals surface area contributed by atoms with Gasteiger partial charge in [0.25, 0.3) is 5.91 Å². The molecule has 2 aromatic carbocycles. The summed E-state index contributed by atoms with van der Waals surface area (Å²) in [7, 11) is 3.04. The maximum atomic E-state index is 13.0. The molecule has 0 radical (unpaired) electrons. The molecule has 1 aliphatic rings. The summed E-state index contributed by atoms with van der Waals surface area (Å²) >= 11 is 6.25. The number of nitrogens with zero attached hydrogens (tertiary/aromatic N) is 2. The van der Waals surface area contributed by atoms with E-state index in [0.717, 1.165) is 24.5 Å². The molecule has 1 saturated heterocycles. The van der Waals surface area contributed by atoms with Crippen LogP contribution in [0.25, 0.3) is 0 Å². The molecule has 2 aromatic rings. The number of piperazine rings is 1. The molecule has 0 unspecified atom stereocenters. The van der Waals surface area contributed by atoms with E-state index in [9.17, 15) is 4.79 Å². The highest BCUT2D eigenvalue weighted by Crippen LogP contribution is 2.36. The largest absolute Gasteiger partial charge is 0.493 e. The summed E-state index contributed by atoms with van der Waals surface area (Å²) in [5, 5.41) is 0.356. The Bertz CT molecular complexity index is 835. The van der Waals surface area contributed by atoms with Crippen molar-refractivity contribution < 1.29 is 19.0 Å². The quantitative estimate of drug-likeness (QED) is 0.734. The van der Waals surface area contributed by atoms with Crippen LogP contribution in [0, 0.1) is 0 Å². The van der Waals surface area contributed by atoms with Crippen LogP contribution in [0.1, 0.15) is 17.3 Å². The number of halogens is 1. The number of hydrogen-bond acceptors (Lipinski definition) is 5. The molecule has 1 amide bonds. The van der Waals surface area contributed by atoms with Crippen molar-refractivity contribution in [2.24, 2.45) is 0 Å². The predicted molar refractivity (Wildman–Crippen MR) is 110 cm³/mol. The maximum Gasteiger partial charge on any atom is 0.254 e. The topological polar surface area (TPSA) is 51.2 Å². The van der Waals surface area contributed by atoms with Crippen LogP contribution >= 0.6 is 11.6 Å². The summed E-state index contributed by atoms with van der Waals surface area (Å²) in [4.78, 5) is 17.0. The molecule has 150 valence electrons. The molecule has 0 aromatic heterocycles. The molecule has 0 spiro atoms. The Hall–Kier alpha value is -2.60. The number of carbonyl (C=O) groups excluding carboxylic acids is 1. The summed E-state index contributed by atoms with van der Waals surface area (Å²) in [6, 6.07) is 11.3. The number of hydrogen-bond donors (Lipinski definition) is 0. The van der Waals surface area contributed by atoms with Gasteiger partial charge in [0.1, 0.15) is 5.75 Å². The Kier molecular flexibility index (Phi) is 6.52. The van der Waals surface area contributed by atoms with Crippen LogP contribution < -0.4 is 19.1 Å². The minimum Gasteiger partial charge on any atom is -0.493 e. The number of amides is 1. The zero-order valence-corrected chi connectivity index (χ0v) is 17.2. The minimum absolute atomic E-state index is 0.0689. The molecule has 0 atom stereocenters. The highest BCUT2D eigenvalue weighted by atomic mass is 35.5. The Morgan fingerprint density at radius 2 is 1.75 bits per heavy atom. The first kappa shape index (κ1) is 20.1. The number of ether oxygens (including phenoxy) is 3. The van der Waals surface area contributed by atoms with E-state index in [2.05, 4.69) is 11.0 Å². The van der Waals surface area contributed by atoms with Gasteiger partial charge in [-0.25, -0.2) is 0 Å². The van der Waals surface area contributed by atoms with Crippen LogP contribution in [0.5, 0.6) is 17.2 Å². The average Bonchev–Trinajstić information content (AvgIpc) is 2.73. The molecule has 3 rings (SSSR count). The number of anilines is 1. The molecule has 0 aliphatic carbocycles. The van der Waals surface area contributed by atoms with Crippen molar-refractivity contribution in [3.63, 3.8) is 0 Å². The molecule has 28 heavy (non-hydrogen) atoms. The van der Waals surface area contributed by atoms with Crippen molar-refractivity contribution in [3.05, 3.63) is 47.0 Å². The molecule has 1 aliphatic heterocycles. The molecule has 0 saturated carbocycles. The third kappa shape index (κ3) is 4.12. The molecule has 7 heteroatoms. The fraction of sp³-hybridized carbons (Fsp3) is 0.381. The molecule has 1 heterocycles. The number of carbonyl (C=O) groups is 1. The van der Waals surface area contributed by atoms with Gasteiger partial charge in [0.05, 0.1) is 31.5 Å². The van der Waals surface area contributed by atoms with Crippen LogP contribution in [0.3, 0.4) is 0 Å². The van der Waals surface area contributed by atoms with Gasteiger partial charge in [-0.05, 0) is 31.2 Å². The van der Waals surface area contributed by atoms with Crippen molar-refractivity contribution in [2.45, 2.75) is 6.92 Å². The highest BCUT2D eigenvalue weighted by molar-refractivity contribution is 6.32. The van der Waals surface area contributed by atoms with Gasteiger partial charge in [-0.15, -0.1) is 0 Å². The standard InChI is InChI=1S/C21H25ClN2O4/c1-4-28-18-8-6-5-7-17(18)23-9-11-24(12-10-23)21(25)15-13-16(22)20(27-3)19(14-15)26-2/h5-8,13-14H,4,9-12H2,1-3H3. The van der Waals surface area contributed by atoms with Crippen molar-refractivity contribution in [3.8, 4) is 17.2 Å². The number of methoxy groups -OCH3 is 2. The van der Waals surface area contributed by atoms with Gasteiger partial charge < -0.3 is 24.0 Å². The van der Waals surface area contributed by atoms with E-state index < -0.39 is 0 Å². The molecule has 0 bridgehead atoms. The van der Waals surface area contributed by atoms with Gasteiger partial charge in [0, 0.05) is 31.7 Å². The lowest BCUT2D eigenvalue weighted by Crippen LogP contribution is -2.48. The lowest BCUT2D eigenvalue weighted by molar-refractivity contribution is 0.0746. The van der Waals surface area contributed by atoms with Gasteiger partial charge in [0.15, 0.2) is 11.5 Å². The molecular formula is C21H25ClN2O4. The van der Waals surface area contributed by atoms with Crippen molar-refractivity contribution in [1.82, 2.24) is 4.90 Å². The molecule has 1 fully saturated rings. The predicted octanol–water partition coefficient (Wildman–Crippen LogP) is 3.72. The van der Waals surface area contributed by atoms with Gasteiger partial charge in [-0.2, -0.15) is 0 Å². The number of benzene rings is 2. The fourth-order valence-corrected chi connectivity index (χ4v) is 3.66. The van der Waals surface area contributed by atoms with Gasteiger partial charge in [0.2, 0.25) is 0 Å². The molecule has 0 N–H and O–H groups in total. The Morgan fingerprint density at radius 3 is 2.39 bits per heavy atom. The van der Waals surface area contributed by atoms with Gasteiger partial charge in [-0.1, -0.05) is 23.7 Å².